The maximum Gasteiger partial charge on any atom is 0.126 e. The normalized spacial score (nSPS) is 12.4. The second-order valence-electron chi connectivity index (χ2n) is 4.78. The summed E-state index contributed by atoms with van der Waals surface area (Å²) < 4.78 is 27.0. The second-order valence-corrected chi connectivity index (χ2v) is 5.22. The van der Waals surface area contributed by atoms with Gasteiger partial charge in [-0.2, -0.15) is 0 Å². The molecule has 1 atom stereocenters. The fourth-order valence-corrected chi connectivity index (χ4v) is 2.54. The molecule has 0 amide bonds. The Morgan fingerprint density at radius 2 is 1.90 bits per heavy atom. The third-order valence-electron chi connectivity index (χ3n) is 3.39. The van der Waals surface area contributed by atoms with Gasteiger partial charge < -0.3 is 5.32 Å². The van der Waals surface area contributed by atoms with Gasteiger partial charge in [0, 0.05) is 11.1 Å². The van der Waals surface area contributed by atoms with Gasteiger partial charge in [-0.1, -0.05) is 17.7 Å². The standard InChI is InChI=1S/C16H16ClF2N/c1-10-7-12(17)3-5-14(10)16(20-2)9-11-8-13(18)4-6-15(11)19/h3-8,16,20H,9H2,1-2H3. The predicted octanol–water partition coefficient (Wildman–Crippen LogP) is 4.43. The average molecular weight is 296 g/mol. The lowest BCUT2D eigenvalue weighted by Crippen LogP contribution is -2.20. The molecule has 1 N–H and O–H groups in total. The Balaban J connectivity index is 2.31. The van der Waals surface area contributed by atoms with E-state index in [9.17, 15) is 8.78 Å². The van der Waals surface area contributed by atoms with E-state index in [-0.39, 0.29) is 6.04 Å². The zero-order valence-electron chi connectivity index (χ0n) is 11.4. The zero-order chi connectivity index (χ0) is 14.7. The molecule has 2 aromatic rings. The van der Waals surface area contributed by atoms with Crippen LogP contribution in [0.25, 0.3) is 0 Å². The summed E-state index contributed by atoms with van der Waals surface area (Å²) in [6, 6.07) is 9.01. The molecule has 106 valence electrons. The lowest BCUT2D eigenvalue weighted by molar-refractivity contribution is 0.542. The van der Waals surface area contributed by atoms with Crippen LogP contribution in [-0.4, -0.2) is 7.05 Å². The number of nitrogens with one attached hydrogen (secondary N) is 1. The smallest absolute Gasteiger partial charge is 0.126 e. The van der Waals surface area contributed by atoms with Gasteiger partial charge in [-0.25, -0.2) is 8.78 Å². The van der Waals surface area contributed by atoms with Gasteiger partial charge >= 0.3 is 0 Å². The molecule has 1 nitrogen and oxygen atoms in total. The molecule has 0 spiro atoms. The second kappa shape index (κ2) is 6.33. The van der Waals surface area contributed by atoms with Crippen LogP contribution in [0.1, 0.15) is 22.7 Å². The molecule has 0 saturated carbocycles. The minimum atomic E-state index is -0.427. The van der Waals surface area contributed by atoms with E-state index in [1.807, 2.05) is 19.1 Å². The van der Waals surface area contributed by atoms with Gasteiger partial charge in [0.1, 0.15) is 11.6 Å². The van der Waals surface area contributed by atoms with Crippen molar-refractivity contribution in [1.82, 2.24) is 5.32 Å². The molecule has 4 heteroatoms. The third-order valence-corrected chi connectivity index (χ3v) is 3.62. The molecule has 0 bridgehead atoms. The fourth-order valence-electron chi connectivity index (χ4n) is 2.32. The molecule has 0 saturated heterocycles. The summed E-state index contributed by atoms with van der Waals surface area (Å²) in [6.45, 7) is 1.95. The highest BCUT2D eigenvalue weighted by molar-refractivity contribution is 6.30. The number of likely N-dealkylation sites (N-methyl/N-ethyl adjacent to an activating group) is 1. The predicted molar refractivity (Wildman–Crippen MR) is 78.1 cm³/mol. The van der Waals surface area contributed by atoms with Crippen LogP contribution < -0.4 is 5.32 Å². The molecule has 0 radical (unpaired) electrons. The van der Waals surface area contributed by atoms with E-state index in [2.05, 4.69) is 5.32 Å². The number of hydrogen-bond donors (Lipinski definition) is 1. The van der Waals surface area contributed by atoms with Gasteiger partial charge in [0.05, 0.1) is 0 Å². The molecule has 0 fully saturated rings. The van der Waals surface area contributed by atoms with E-state index in [0.717, 1.165) is 23.3 Å². The maximum absolute atomic E-state index is 13.7. The topological polar surface area (TPSA) is 12.0 Å². The summed E-state index contributed by atoms with van der Waals surface area (Å²) in [4.78, 5) is 0. The van der Waals surface area contributed by atoms with Crippen LogP contribution in [0.5, 0.6) is 0 Å². The first-order valence-electron chi connectivity index (χ1n) is 6.38. The van der Waals surface area contributed by atoms with Crippen LogP contribution in [0.4, 0.5) is 8.78 Å². The van der Waals surface area contributed by atoms with Crippen LogP contribution in [0.2, 0.25) is 5.02 Å². The summed E-state index contributed by atoms with van der Waals surface area (Å²) in [7, 11) is 1.80. The molecule has 2 rings (SSSR count). The van der Waals surface area contributed by atoms with E-state index < -0.39 is 11.6 Å². The Kier molecular flexibility index (Phi) is 4.73. The summed E-state index contributed by atoms with van der Waals surface area (Å²) in [5.41, 5.74) is 2.41. The molecular weight excluding hydrogens is 280 g/mol. The van der Waals surface area contributed by atoms with Crippen LogP contribution in [0, 0.1) is 18.6 Å². The van der Waals surface area contributed by atoms with Crippen LogP contribution in [0.3, 0.4) is 0 Å². The van der Waals surface area contributed by atoms with E-state index in [1.165, 1.54) is 6.07 Å². The van der Waals surface area contributed by atoms with Crippen molar-refractivity contribution in [3.8, 4) is 0 Å². The van der Waals surface area contributed by atoms with Crippen LogP contribution in [-0.2, 0) is 6.42 Å². The lowest BCUT2D eigenvalue weighted by atomic mass is 9.95. The molecule has 20 heavy (non-hydrogen) atoms. The monoisotopic (exact) mass is 295 g/mol. The van der Waals surface area contributed by atoms with Gasteiger partial charge in [-0.05, 0) is 67.4 Å². The largest absolute Gasteiger partial charge is 0.313 e. The average Bonchev–Trinajstić information content (AvgIpc) is 2.40. The Bertz CT molecular complexity index is 613. The SMILES string of the molecule is CNC(Cc1cc(F)ccc1F)c1ccc(Cl)cc1C. The first-order valence-corrected chi connectivity index (χ1v) is 6.76. The highest BCUT2D eigenvalue weighted by atomic mass is 35.5. The Morgan fingerprint density at radius 3 is 2.55 bits per heavy atom. The fraction of sp³-hybridized carbons (Fsp3) is 0.250. The number of rotatable bonds is 4. The quantitative estimate of drug-likeness (QED) is 0.880. The van der Waals surface area contributed by atoms with Crippen molar-refractivity contribution in [1.29, 1.82) is 0 Å². The number of hydrogen-bond acceptors (Lipinski definition) is 1. The van der Waals surface area contributed by atoms with Gasteiger partial charge in [-0.15, -0.1) is 0 Å². The molecule has 2 aromatic carbocycles. The van der Waals surface area contributed by atoms with E-state index in [0.29, 0.717) is 17.0 Å². The van der Waals surface area contributed by atoms with Crippen LogP contribution in [0.15, 0.2) is 36.4 Å². The van der Waals surface area contributed by atoms with Crippen molar-refractivity contribution in [3.05, 3.63) is 69.7 Å². The summed E-state index contributed by atoms with van der Waals surface area (Å²) in [5.74, 6) is -0.817. The van der Waals surface area contributed by atoms with E-state index >= 15 is 0 Å². The van der Waals surface area contributed by atoms with Crippen LogP contribution >= 0.6 is 11.6 Å². The molecule has 0 aliphatic rings. The molecular formula is C16H16ClF2N. The highest BCUT2D eigenvalue weighted by Gasteiger charge is 2.15. The van der Waals surface area contributed by atoms with Crippen molar-refractivity contribution in [2.75, 3.05) is 7.05 Å². The van der Waals surface area contributed by atoms with Crippen molar-refractivity contribution in [3.63, 3.8) is 0 Å². The maximum atomic E-state index is 13.7. The minimum Gasteiger partial charge on any atom is -0.313 e. The third kappa shape index (κ3) is 3.35. The Hall–Kier alpha value is -1.45. The molecule has 0 heterocycles. The first-order chi connectivity index (χ1) is 9.51. The summed E-state index contributed by atoms with van der Waals surface area (Å²) >= 11 is 5.94. The van der Waals surface area contributed by atoms with Gasteiger partial charge in [0.2, 0.25) is 0 Å². The van der Waals surface area contributed by atoms with E-state index in [4.69, 9.17) is 11.6 Å². The molecule has 1 unspecified atom stereocenters. The number of aryl methyl sites for hydroxylation is 1. The van der Waals surface area contributed by atoms with Gasteiger partial charge in [0.15, 0.2) is 0 Å². The molecule has 0 aliphatic carbocycles. The van der Waals surface area contributed by atoms with Crippen molar-refractivity contribution < 1.29 is 8.78 Å². The van der Waals surface area contributed by atoms with Crippen molar-refractivity contribution >= 4 is 11.6 Å². The van der Waals surface area contributed by atoms with Gasteiger partial charge in [-0.3, -0.25) is 0 Å². The lowest BCUT2D eigenvalue weighted by Gasteiger charge is -2.19. The minimum absolute atomic E-state index is 0.0939. The van der Waals surface area contributed by atoms with E-state index in [1.54, 1.807) is 13.1 Å². The Morgan fingerprint density at radius 1 is 1.15 bits per heavy atom. The highest BCUT2D eigenvalue weighted by Crippen LogP contribution is 2.25. The zero-order valence-corrected chi connectivity index (χ0v) is 12.1. The molecule has 0 aromatic heterocycles. The van der Waals surface area contributed by atoms with Crippen molar-refractivity contribution in [2.24, 2.45) is 0 Å². The van der Waals surface area contributed by atoms with Crippen molar-refractivity contribution in [2.45, 2.75) is 19.4 Å². The first kappa shape index (κ1) is 14.9. The number of halogens is 3. The number of benzene rings is 2. The summed E-state index contributed by atoms with van der Waals surface area (Å²) in [6.07, 6.45) is 0.378. The Labute approximate surface area is 122 Å². The molecule has 0 aliphatic heterocycles. The summed E-state index contributed by atoms with van der Waals surface area (Å²) in [5, 5.41) is 3.81. The van der Waals surface area contributed by atoms with Gasteiger partial charge in [0.25, 0.3) is 0 Å².